The van der Waals surface area contributed by atoms with E-state index in [-0.39, 0.29) is 30.4 Å². The Bertz CT molecular complexity index is 820. The van der Waals surface area contributed by atoms with Gasteiger partial charge in [-0.1, -0.05) is 33.8 Å². The molecular weight excluding hydrogens is 422 g/mol. The lowest BCUT2D eigenvalue weighted by molar-refractivity contribution is -0.152. The van der Waals surface area contributed by atoms with Crippen LogP contribution in [0.5, 0.6) is 11.5 Å². The second-order valence-electron chi connectivity index (χ2n) is 7.76. The van der Waals surface area contributed by atoms with Gasteiger partial charge in [0.15, 0.2) is 11.5 Å². The van der Waals surface area contributed by atoms with E-state index in [0.717, 1.165) is 7.11 Å². The van der Waals surface area contributed by atoms with Gasteiger partial charge >= 0.3 is 24.1 Å². The highest BCUT2D eigenvalue weighted by Crippen LogP contribution is 2.30. The molecule has 32 heavy (non-hydrogen) atoms. The van der Waals surface area contributed by atoms with Crippen molar-refractivity contribution in [3.63, 3.8) is 0 Å². The molecule has 0 aliphatic rings. The molecule has 1 aromatic rings. The molecular formula is C22H31NO9. The summed E-state index contributed by atoms with van der Waals surface area (Å²) in [6.45, 7) is 8.05. The number of hydrogen-bond acceptors (Lipinski definition) is 10. The maximum absolute atomic E-state index is 12.2. The third kappa shape index (κ3) is 8.93. The minimum atomic E-state index is -1.03. The molecule has 0 amide bonds. The van der Waals surface area contributed by atoms with Crippen LogP contribution in [0, 0.1) is 11.8 Å². The molecule has 0 fully saturated rings. The van der Waals surface area contributed by atoms with E-state index in [1.807, 2.05) is 0 Å². The van der Waals surface area contributed by atoms with Crippen LogP contribution in [0.15, 0.2) is 18.2 Å². The number of hydrogen-bond donors (Lipinski definition) is 1. The van der Waals surface area contributed by atoms with Gasteiger partial charge in [-0.25, -0.2) is 4.79 Å². The first kappa shape index (κ1) is 26.9. The number of carbonyl (C=O) groups is 4. The monoisotopic (exact) mass is 453 g/mol. The Morgan fingerprint density at radius 1 is 0.875 bits per heavy atom. The van der Waals surface area contributed by atoms with Crippen LogP contribution in [0.25, 0.3) is 0 Å². The third-order valence-electron chi connectivity index (χ3n) is 4.05. The predicted octanol–water partition coefficient (Wildman–Crippen LogP) is 2.39. The minimum Gasteiger partial charge on any atom is -0.458 e. The van der Waals surface area contributed by atoms with Crippen molar-refractivity contribution >= 4 is 24.1 Å². The van der Waals surface area contributed by atoms with Gasteiger partial charge in [0.25, 0.3) is 0 Å². The summed E-state index contributed by atoms with van der Waals surface area (Å²) in [4.78, 5) is 47.3. The molecule has 0 aromatic heterocycles. The number of rotatable bonds is 10. The van der Waals surface area contributed by atoms with E-state index in [1.165, 1.54) is 19.1 Å². The van der Waals surface area contributed by atoms with Crippen molar-refractivity contribution in [2.45, 2.75) is 53.2 Å². The van der Waals surface area contributed by atoms with Crippen molar-refractivity contribution < 1.29 is 42.9 Å². The normalized spacial score (nSPS) is 12.7. The van der Waals surface area contributed by atoms with Gasteiger partial charge in [0, 0.05) is 0 Å². The van der Waals surface area contributed by atoms with Gasteiger partial charge in [-0.2, -0.15) is 0 Å². The van der Waals surface area contributed by atoms with Gasteiger partial charge in [0.05, 0.1) is 18.9 Å². The Morgan fingerprint density at radius 2 is 1.44 bits per heavy atom. The minimum absolute atomic E-state index is 0.0515. The Balaban J connectivity index is 2.90. The zero-order valence-corrected chi connectivity index (χ0v) is 19.2. The number of benzene rings is 1. The second kappa shape index (κ2) is 12.7. The summed E-state index contributed by atoms with van der Waals surface area (Å²) in [5, 5.41) is 0. The van der Waals surface area contributed by atoms with Crippen LogP contribution in [0.2, 0.25) is 0 Å². The Kier molecular flexibility index (Phi) is 10.6. The average molecular weight is 453 g/mol. The van der Waals surface area contributed by atoms with Gasteiger partial charge in [-0.3, -0.25) is 14.4 Å². The molecule has 1 rings (SSSR count). The van der Waals surface area contributed by atoms with E-state index in [4.69, 9.17) is 24.7 Å². The molecule has 0 bridgehead atoms. The standard InChI is InChI=1S/C22H31NO9/c1-12(2)19(24)31-17-8-7-15(10-18(17)32-20(25)13(3)4)9-16(23)21(26)30-14(5)11-29-22(27)28-6/h7-8,10,12-14,16H,9,11,23H2,1-6H3/t14-,16-/m0/s1. The molecule has 10 nitrogen and oxygen atoms in total. The van der Waals surface area contributed by atoms with Crippen LogP contribution in [0.1, 0.15) is 40.2 Å². The number of carbonyl (C=O) groups excluding carboxylic acids is 4. The highest BCUT2D eigenvalue weighted by Gasteiger charge is 2.22. The molecule has 0 aliphatic carbocycles. The van der Waals surface area contributed by atoms with Gasteiger partial charge in [0.1, 0.15) is 18.8 Å². The fraction of sp³-hybridized carbons (Fsp3) is 0.545. The maximum atomic E-state index is 12.2. The molecule has 0 spiro atoms. The fourth-order valence-corrected chi connectivity index (χ4v) is 2.20. The summed E-state index contributed by atoms with van der Waals surface area (Å²) in [7, 11) is 1.16. The average Bonchev–Trinajstić information content (AvgIpc) is 2.73. The molecule has 0 saturated carbocycles. The van der Waals surface area contributed by atoms with E-state index >= 15 is 0 Å². The van der Waals surface area contributed by atoms with Crippen molar-refractivity contribution in [2.24, 2.45) is 17.6 Å². The summed E-state index contributed by atoms with van der Waals surface area (Å²) in [5.41, 5.74) is 6.50. The first-order chi connectivity index (χ1) is 14.9. The lowest BCUT2D eigenvalue weighted by Crippen LogP contribution is -2.37. The number of ether oxygens (including phenoxy) is 5. The molecule has 0 unspecified atom stereocenters. The zero-order valence-electron chi connectivity index (χ0n) is 19.2. The number of esters is 3. The van der Waals surface area contributed by atoms with E-state index in [0.29, 0.717) is 5.56 Å². The lowest BCUT2D eigenvalue weighted by atomic mass is 10.1. The second-order valence-corrected chi connectivity index (χ2v) is 7.76. The van der Waals surface area contributed by atoms with E-state index in [9.17, 15) is 19.2 Å². The van der Waals surface area contributed by atoms with E-state index < -0.39 is 42.1 Å². The van der Waals surface area contributed by atoms with Crippen molar-refractivity contribution in [3.05, 3.63) is 23.8 Å². The van der Waals surface area contributed by atoms with E-state index in [1.54, 1.807) is 33.8 Å². The Morgan fingerprint density at radius 3 is 1.97 bits per heavy atom. The lowest BCUT2D eigenvalue weighted by Gasteiger charge is -2.18. The molecule has 0 heterocycles. The SMILES string of the molecule is COC(=O)OC[C@H](C)OC(=O)[C@@H](N)Cc1ccc(OC(=O)C(C)C)c(OC(=O)C(C)C)c1. The van der Waals surface area contributed by atoms with Gasteiger partial charge < -0.3 is 29.4 Å². The summed E-state index contributed by atoms with van der Waals surface area (Å²) < 4.78 is 24.9. The number of nitrogens with two attached hydrogens (primary N) is 1. The maximum Gasteiger partial charge on any atom is 0.508 e. The smallest absolute Gasteiger partial charge is 0.458 e. The Labute approximate surface area is 187 Å². The summed E-state index contributed by atoms with van der Waals surface area (Å²) in [6.07, 6.45) is -1.56. The highest BCUT2D eigenvalue weighted by atomic mass is 16.7. The van der Waals surface area contributed by atoms with Crippen LogP contribution in [0.3, 0.4) is 0 Å². The van der Waals surface area contributed by atoms with Gasteiger partial charge in [-0.05, 0) is 31.0 Å². The van der Waals surface area contributed by atoms with Crippen LogP contribution in [-0.4, -0.2) is 49.9 Å². The topological polar surface area (TPSA) is 140 Å². The summed E-state index contributed by atoms with van der Waals surface area (Å²) >= 11 is 0. The van der Waals surface area contributed by atoms with Gasteiger partial charge in [0.2, 0.25) is 0 Å². The molecule has 2 atom stereocenters. The van der Waals surface area contributed by atoms with Crippen LogP contribution < -0.4 is 15.2 Å². The van der Waals surface area contributed by atoms with Crippen LogP contribution in [-0.2, 0) is 35.0 Å². The summed E-state index contributed by atoms with van der Waals surface area (Å²) in [5.74, 6) is -2.34. The first-order valence-electron chi connectivity index (χ1n) is 10.2. The largest absolute Gasteiger partial charge is 0.508 e. The third-order valence-corrected chi connectivity index (χ3v) is 4.05. The van der Waals surface area contributed by atoms with Crippen LogP contribution >= 0.6 is 0 Å². The Hall–Kier alpha value is -3.14. The molecule has 10 heteroatoms. The molecule has 1 aromatic carbocycles. The van der Waals surface area contributed by atoms with E-state index in [2.05, 4.69) is 4.74 Å². The van der Waals surface area contributed by atoms with Gasteiger partial charge in [-0.15, -0.1) is 0 Å². The highest BCUT2D eigenvalue weighted by molar-refractivity contribution is 5.78. The van der Waals surface area contributed by atoms with Crippen molar-refractivity contribution in [1.29, 1.82) is 0 Å². The summed E-state index contributed by atoms with van der Waals surface area (Å²) in [6, 6.07) is 3.53. The van der Waals surface area contributed by atoms with Crippen molar-refractivity contribution in [1.82, 2.24) is 0 Å². The molecule has 0 radical (unpaired) electrons. The molecule has 2 N–H and O–H groups in total. The van der Waals surface area contributed by atoms with Crippen molar-refractivity contribution in [2.75, 3.05) is 13.7 Å². The number of methoxy groups -OCH3 is 1. The quantitative estimate of drug-likeness (QED) is 0.415. The van der Waals surface area contributed by atoms with Crippen molar-refractivity contribution in [3.8, 4) is 11.5 Å². The zero-order chi connectivity index (χ0) is 24.4. The van der Waals surface area contributed by atoms with Crippen LogP contribution in [0.4, 0.5) is 4.79 Å². The fourth-order valence-electron chi connectivity index (χ4n) is 2.20. The molecule has 0 aliphatic heterocycles. The first-order valence-corrected chi connectivity index (χ1v) is 10.2. The predicted molar refractivity (Wildman–Crippen MR) is 113 cm³/mol. The molecule has 0 saturated heterocycles. The molecule has 178 valence electrons.